The van der Waals surface area contributed by atoms with Crippen LogP contribution < -0.4 is 0 Å². The van der Waals surface area contributed by atoms with Gasteiger partial charge in [0.05, 0.1) is 6.61 Å². The van der Waals surface area contributed by atoms with Crippen LogP contribution in [0.15, 0.2) is 0 Å². The van der Waals surface area contributed by atoms with E-state index in [0.29, 0.717) is 17.7 Å². The van der Waals surface area contributed by atoms with Gasteiger partial charge in [0.25, 0.3) is 0 Å². The average Bonchev–Trinajstić information content (AvgIpc) is 2.38. The fourth-order valence-corrected chi connectivity index (χ4v) is 0.979. The number of nitroso groups, excluding NO2 is 1. The van der Waals surface area contributed by atoms with Crippen LogP contribution in [-0.2, 0) is 9.53 Å². The molecule has 0 aromatic carbocycles. The number of carbonyl (C=O) groups is 1. The number of ether oxygens (including phenoxy) is 1. The largest absolute Gasteiger partial charge is 0.318 e. The second kappa shape index (κ2) is 3.41. The Morgan fingerprint density at radius 1 is 1.70 bits per heavy atom. The van der Waals surface area contributed by atoms with Gasteiger partial charge in [-0.1, -0.05) is 0 Å². The summed E-state index contributed by atoms with van der Waals surface area (Å²) in [5, 5.41) is 0. The smallest absolute Gasteiger partial charge is 0.305 e. The molecular formula is C6H10NO3+. The summed E-state index contributed by atoms with van der Waals surface area (Å²) in [6.45, 7) is 0.562. The molecule has 10 heavy (non-hydrogen) atoms. The lowest BCUT2D eigenvalue weighted by Gasteiger charge is -1.96. The minimum Gasteiger partial charge on any atom is -0.318 e. The van der Waals surface area contributed by atoms with Crippen molar-refractivity contribution >= 4 is 6.29 Å². The highest BCUT2D eigenvalue weighted by molar-refractivity contribution is 5.50. The van der Waals surface area contributed by atoms with E-state index in [1.54, 1.807) is 0 Å². The van der Waals surface area contributed by atoms with Crippen LogP contribution in [0.4, 0.5) is 0 Å². The molecule has 0 aromatic heterocycles. The van der Waals surface area contributed by atoms with E-state index in [9.17, 15) is 9.70 Å². The average molecular weight is 144 g/mol. The number of hydrogen-bond donors (Lipinski definition) is 0. The Kier molecular flexibility index (Phi) is 2.50. The first-order valence-corrected chi connectivity index (χ1v) is 3.33. The topological polar surface area (TPSA) is 46.4 Å². The molecule has 1 unspecified atom stereocenters. The predicted molar refractivity (Wildman–Crippen MR) is 33.5 cm³/mol. The van der Waals surface area contributed by atoms with Crippen LogP contribution in [-0.4, -0.2) is 30.4 Å². The van der Waals surface area contributed by atoms with Crippen molar-refractivity contribution in [1.82, 2.24) is 0 Å². The molecule has 56 valence electrons. The number of hydrogen-bond acceptors (Lipinski definition) is 3. The normalized spacial score (nSPS) is 24.6. The zero-order valence-corrected chi connectivity index (χ0v) is 5.66. The van der Waals surface area contributed by atoms with E-state index >= 15 is 0 Å². The van der Waals surface area contributed by atoms with Crippen molar-refractivity contribution in [2.24, 2.45) is 0 Å². The minimum absolute atomic E-state index is 0.0787. The number of carbonyl (C=O) groups excluding carboxylic acids is 1. The zero-order chi connectivity index (χ0) is 7.40. The van der Waals surface area contributed by atoms with E-state index in [1.807, 2.05) is 0 Å². The highest BCUT2D eigenvalue weighted by Crippen LogP contribution is 2.11. The molecule has 1 heterocycles. The lowest BCUT2D eigenvalue weighted by Crippen LogP contribution is -2.24. The van der Waals surface area contributed by atoms with Crippen molar-refractivity contribution in [1.29, 1.82) is 0 Å². The maximum absolute atomic E-state index is 10.8. The van der Waals surface area contributed by atoms with Gasteiger partial charge in [0.15, 0.2) is 6.29 Å². The third-order valence-corrected chi connectivity index (χ3v) is 1.48. The summed E-state index contributed by atoms with van der Waals surface area (Å²) < 4.78 is 5.70. The Balaban J connectivity index is 2.32. The van der Waals surface area contributed by atoms with Crippen LogP contribution in [0, 0.1) is 4.91 Å². The SMILES string of the molecule is O=CC[N+](=O)C1CCCO1. The second-order valence-electron chi connectivity index (χ2n) is 2.23. The molecule has 0 N–H and O–H groups in total. The second-order valence-corrected chi connectivity index (χ2v) is 2.23. The summed E-state index contributed by atoms with van der Waals surface area (Å²) in [4.78, 5) is 20.7. The Morgan fingerprint density at radius 2 is 2.50 bits per heavy atom. The van der Waals surface area contributed by atoms with Gasteiger partial charge in [0.1, 0.15) is 0 Å². The first-order valence-electron chi connectivity index (χ1n) is 3.33. The number of aldehydes is 1. The Hall–Kier alpha value is -0.770. The maximum Gasteiger partial charge on any atom is 0.305 e. The van der Waals surface area contributed by atoms with Crippen molar-refractivity contribution < 1.29 is 14.3 Å². The van der Waals surface area contributed by atoms with E-state index in [2.05, 4.69) is 0 Å². The molecule has 1 fully saturated rings. The van der Waals surface area contributed by atoms with Crippen molar-refractivity contribution in [2.75, 3.05) is 13.2 Å². The molecule has 0 saturated carbocycles. The summed E-state index contributed by atoms with van der Waals surface area (Å²) >= 11 is 0. The summed E-state index contributed by atoms with van der Waals surface area (Å²) in [6, 6.07) is 0. The molecule has 4 heteroatoms. The highest BCUT2D eigenvalue weighted by atomic mass is 16.5. The summed E-state index contributed by atoms with van der Waals surface area (Å²) in [5.41, 5.74) is 0. The molecule has 4 nitrogen and oxygen atoms in total. The predicted octanol–water partition coefficient (Wildman–Crippen LogP) is 0.101. The van der Waals surface area contributed by atoms with Gasteiger partial charge < -0.3 is 4.74 Å². The molecule has 1 aliphatic rings. The first-order chi connectivity index (χ1) is 4.84. The van der Waals surface area contributed by atoms with Gasteiger partial charge in [-0.3, -0.25) is 4.79 Å². The third kappa shape index (κ3) is 1.60. The van der Waals surface area contributed by atoms with Gasteiger partial charge in [0, 0.05) is 16.1 Å². The molecule has 0 aromatic rings. The van der Waals surface area contributed by atoms with E-state index in [0.717, 1.165) is 12.8 Å². The third-order valence-electron chi connectivity index (χ3n) is 1.48. The van der Waals surface area contributed by atoms with Crippen LogP contribution in [0.2, 0.25) is 0 Å². The minimum atomic E-state index is -0.370. The van der Waals surface area contributed by atoms with Gasteiger partial charge in [-0.05, 0) is 6.42 Å². The van der Waals surface area contributed by atoms with Crippen LogP contribution in [0.25, 0.3) is 0 Å². The fourth-order valence-electron chi connectivity index (χ4n) is 0.979. The van der Waals surface area contributed by atoms with E-state index in [1.165, 1.54) is 0 Å². The van der Waals surface area contributed by atoms with Gasteiger partial charge in [-0.15, -0.1) is 0 Å². The van der Waals surface area contributed by atoms with Gasteiger partial charge in [0.2, 0.25) is 6.54 Å². The van der Waals surface area contributed by atoms with Crippen LogP contribution in [0.1, 0.15) is 12.8 Å². The van der Waals surface area contributed by atoms with E-state index < -0.39 is 0 Å². The van der Waals surface area contributed by atoms with E-state index in [-0.39, 0.29) is 12.8 Å². The van der Waals surface area contributed by atoms with E-state index in [4.69, 9.17) is 4.74 Å². The molecular weight excluding hydrogens is 134 g/mol. The lowest BCUT2D eigenvalue weighted by molar-refractivity contribution is -0.614. The maximum atomic E-state index is 10.8. The van der Waals surface area contributed by atoms with Crippen LogP contribution in [0.3, 0.4) is 0 Å². The molecule has 1 saturated heterocycles. The monoisotopic (exact) mass is 144 g/mol. The molecule has 0 radical (unpaired) electrons. The highest BCUT2D eigenvalue weighted by Gasteiger charge is 2.29. The van der Waals surface area contributed by atoms with Crippen molar-refractivity contribution in [3.8, 4) is 0 Å². The summed E-state index contributed by atoms with van der Waals surface area (Å²) in [6.07, 6.45) is 1.89. The quantitative estimate of drug-likeness (QED) is 0.417. The van der Waals surface area contributed by atoms with Crippen molar-refractivity contribution in [3.05, 3.63) is 4.91 Å². The molecule has 0 bridgehead atoms. The molecule has 1 atom stereocenters. The van der Waals surface area contributed by atoms with Gasteiger partial charge in [-0.2, -0.15) is 0 Å². The summed E-state index contributed by atoms with van der Waals surface area (Å²) in [5.74, 6) is 0. The molecule has 0 aliphatic carbocycles. The summed E-state index contributed by atoms with van der Waals surface area (Å²) in [7, 11) is 0. The fraction of sp³-hybridized carbons (Fsp3) is 0.833. The molecule has 1 rings (SSSR count). The van der Waals surface area contributed by atoms with Crippen LogP contribution in [0.5, 0.6) is 0 Å². The van der Waals surface area contributed by atoms with Gasteiger partial charge in [-0.25, -0.2) is 0 Å². The Bertz CT molecular complexity index is 140. The van der Waals surface area contributed by atoms with Crippen molar-refractivity contribution in [3.63, 3.8) is 0 Å². The lowest BCUT2D eigenvalue weighted by atomic mass is 10.3. The van der Waals surface area contributed by atoms with Crippen molar-refractivity contribution in [2.45, 2.75) is 19.1 Å². The standard InChI is InChI=1S/C6H10NO3/c8-4-3-7(9)6-2-1-5-10-6/h4,6H,1-3,5H2/q+1. The molecule has 0 spiro atoms. The molecule has 0 amide bonds. The van der Waals surface area contributed by atoms with Crippen LogP contribution >= 0.6 is 0 Å². The first kappa shape index (κ1) is 7.34. The Labute approximate surface area is 58.7 Å². The van der Waals surface area contributed by atoms with Gasteiger partial charge >= 0.3 is 6.23 Å². The zero-order valence-electron chi connectivity index (χ0n) is 5.66. The molecule has 1 aliphatic heterocycles. The number of rotatable bonds is 3. The Morgan fingerprint density at radius 3 is 3.00 bits per heavy atom. The number of nitrogens with zero attached hydrogens (tertiary/aromatic N) is 1.